The van der Waals surface area contributed by atoms with Crippen molar-refractivity contribution in [2.24, 2.45) is 0 Å². The lowest BCUT2D eigenvalue weighted by Gasteiger charge is -2.30. The van der Waals surface area contributed by atoms with E-state index in [0.29, 0.717) is 35.3 Å². The third-order valence-corrected chi connectivity index (χ3v) is 7.83. The molecule has 4 aromatic rings. The van der Waals surface area contributed by atoms with Gasteiger partial charge in [-0.1, -0.05) is 72.3 Å². The number of aromatic amines is 1. The molecular formula is C37H39N3O7. The van der Waals surface area contributed by atoms with Gasteiger partial charge in [-0.3, -0.25) is 9.59 Å². The molecule has 1 aliphatic heterocycles. The smallest absolute Gasteiger partial charge is 0.328 e. The summed E-state index contributed by atoms with van der Waals surface area (Å²) in [6, 6.07) is 26.6. The Morgan fingerprint density at radius 3 is 2.00 bits per heavy atom. The van der Waals surface area contributed by atoms with Crippen molar-refractivity contribution in [1.29, 1.82) is 0 Å². The van der Waals surface area contributed by atoms with E-state index in [-0.39, 0.29) is 16.9 Å². The highest BCUT2D eigenvalue weighted by Crippen LogP contribution is 2.32. The number of aromatic nitrogens is 1. The number of carbonyl (C=O) groups excluding carboxylic acids is 1. The quantitative estimate of drug-likeness (QED) is 0.127. The minimum Gasteiger partial charge on any atom is -0.495 e. The van der Waals surface area contributed by atoms with E-state index in [4.69, 9.17) is 14.9 Å². The first-order chi connectivity index (χ1) is 22.8. The normalized spacial score (nSPS) is 13.1. The van der Waals surface area contributed by atoms with Crippen LogP contribution in [0.1, 0.15) is 47.2 Å². The molecule has 10 heteroatoms. The van der Waals surface area contributed by atoms with Gasteiger partial charge >= 0.3 is 11.9 Å². The second-order valence-corrected chi connectivity index (χ2v) is 10.9. The van der Waals surface area contributed by atoms with E-state index in [0.717, 1.165) is 45.3 Å². The van der Waals surface area contributed by atoms with Crippen molar-refractivity contribution >= 4 is 34.3 Å². The van der Waals surface area contributed by atoms with E-state index in [1.165, 1.54) is 28.5 Å². The lowest BCUT2D eigenvalue weighted by atomic mass is 9.88. The fraction of sp³-hybridized carbons (Fsp3) is 0.243. The number of carboxylic acid groups (broad SMARTS) is 2. The first-order valence-electron chi connectivity index (χ1n) is 15.4. The summed E-state index contributed by atoms with van der Waals surface area (Å²) in [5.74, 6) is -2.28. The maximum Gasteiger partial charge on any atom is 0.328 e. The highest BCUT2D eigenvalue weighted by molar-refractivity contribution is 5.98. The molecule has 1 aromatic heterocycles. The second kappa shape index (κ2) is 17.3. The van der Waals surface area contributed by atoms with Crippen molar-refractivity contribution < 1.29 is 29.3 Å². The van der Waals surface area contributed by atoms with E-state index >= 15 is 0 Å². The highest BCUT2D eigenvalue weighted by atomic mass is 16.5. The first-order valence-corrected chi connectivity index (χ1v) is 15.4. The number of rotatable bonds is 11. The minimum atomic E-state index is -1.26. The molecule has 47 heavy (non-hydrogen) atoms. The molecular weight excluding hydrogens is 598 g/mol. The van der Waals surface area contributed by atoms with Gasteiger partial charge in [-0.05, 0) is 61.1 Å². The molecule has 0 radical (unpaired) electrons. The average Bonchev–Trinajstić information content (AvgIpc) is 3.09. The fourth-order valence-electron chi connectivity index (χ4n) is 5.54. The second-order valence-electron chi connectivity index (χ2n) is 10.9. The molecule has 1 amide bonds. The summed E-state index contributed by atoms with van der Waals surface area (Å²) in [4.78, 5) is 50.2. The molecule has 1 fully saturated rings. The fourth-order valence-corrected chi connectivity index (χ4v) is 5.54. The van der Waals surface area contributed by atoms with E-state index < -0.39 is 11.9 Å². The van der Waals surface area contributed by atoms with Crippen molar-refractivity contribution in [2.45, 2.75) is 25.7 Å². The monoisotopic (exact) mass is 637 g/mol. The third-order valence-electron chi connectivity index (χ3n) is 7.83. The lowest BCUT2D eigenvalue weighted by molar-refractivity contribution is -0.134. The van der Waals surface area contributed by atoms with Crippen molar-refractivity contribution in [3.8, 4) is 5.75 Å². The number of amides is 1. The van der Waals surface area contributed by atoms with Crippen molar-refractivity contribution in [2.75, 3.05) is 33.3 Å². The Bertz CT molecular complexity index is 1730. The predicted octanol–water partition coefficient (Wildman–Crippen LogP) is 5.36. The molecule has 0 aliphatic carbocycles. The molecule has 1 saturated heterocycles. The van der Waals surface area contributed by atoms with Gasteiger partial charge < -0.3 is 30.2 Å². The number of hydrogen-bond acceptors (Lipinski definition) is 6. The number of H-pyrrole nitrogens is 1. The number of piperidine rings is 1. The largest absolute Gasteiger partial charge is 0.495 e. The maximum atomic E-state index is 12.8. The standard InChI is InChI=1S/C33H35N3O3.C4H4O4/c1-39-29-16-10-15-27-31(29)35-23-28(32(27)37)33(38)34-19-8-9-20-36-21-17-26(18-22-36)30(24-11-4-2-5-12-24)25-13-6-3-7-14-25;5-3(6)1-2-4(7)8/h2-7,10-16,23H,8-9,17-22H2,1H3,(H,34,38)(H,35,37);1-2H,(H,5,6)(H,7,8)/b;2-1+. The first kappa shape index (κ1) is 34.4. The highest BCUT2D eigenvalue weighted by Gasteiger charge is 2.19. The van der Waals surface area contributed by atoms with Crippen LogP contribution in [0.3, 0.4) is 0 Å². The van der Waals surface area contributed by atoms with E-state index in [9.17, 15) is 19.2 Å². The average molecular weight is 638 g/mol. The van der Waals surface area contributed by atoms with E-state index in [1.807, 2.05) is 0 Å². The molecule has 0 bridgehead atoms. The molecule has 3 aromatic carbocycles. The van der Waals surface area contributed by atoms with Crippen molar-refractivity contribution in [1.82, 2.24) is 15.2 Å². The SMILES string of the molecule is COc1cccc2c(=O)c(C(=O)NCCCCN3CCC(=C(c4ccccc4)c4ccccc4)CC3)c[nH]c12.O=C(O)/C=C/C(=O)O. The van der Waals surface area contributed by atoms with Gasteiger partial charge in [0.25, 0.3) is 5.91 Å². The Balaban J connectivity index is 0.000000555. The van der Waals surface area contributed by atoms with Crippen molar-refractivity contribution in [3.05, 3.63) is 130 Å². The number of benzene rings is 3. The number of pyridine rings is 1. The van der Waals surface area contributed by atoms with Crippen LogP contribution in [0.5, 0.6) is 5.75 Å². The van der Waals surface area contributed by atoms with Gasteiger partial charge in [0, 0.05) is 38.0 Å². The number of hydrogen-bond donors (Lipinski definition) is 4. The van der Waals surface area contributed by atoms with Gasteiger partial charge in [-0.15, -0.1) is 0 Å². The zero-order chi connectivity index (χ0) is 33.6. The van der Waals surface area contributed by atoms with Crippen LogP contribution in [0.15, 0.2) is 108 Å². The Hall–Kier alpha value is -5.48. The molecule has 244 valence electrons. The molecule has 0 spiro atoms. The number of carbonyl (C=O) groups is 3. The summed E-state index contributed by atoms with van der Waals surface area (Å²) in [5.41, 5.74) is 5.90. The van der Waals surface area contributed by atoms with Gasteiger partial charge in [0.05, 0.1) is 18.0 Å². The number of aliphatic carboxylic acids is 2. The lowest BCUT2D eigenvalue weighted by Crippen LogP contribution is -2.33. The molecule has 0 saturated carbocycles. The van der Waals surface area contributed by atoms with Crippen LogP contribution in [0.2, 0.25) is 0 Å². The number of carboxylic acids is 2. The maximum absolute atomic E-state index is 12.8. The topological polar surface area (TPSA) is 149 Å². The van der Waals surface area contributed by atoms with Crippen molar-refractivity contribution in [3.63, 3.8) is 0 Å². The van der Waals surface area contributed by atoms with Gasteiger partial charge in [0.15, 0.2) is 0 Å². The molecule has 1 aliphatic rings. The molecule has 2 heterocycles. The van der Waals surface area contributed by atoms with Crippen LogP contribution in [0, 0.1) is 0 Å². The predicted molar refractivity (Wildman–Crippen MR) is 182 cm³/mol. The number of nitrogens with zero attached hydrogens (tertiary/aromatic N) is 1. The molecule has 5 rings (SSSR count). The van der Waals surface area contributed by atoms with E-state index in [2.05, 4.69) is 75.9 Å². The zero-order valence-corrected chi connectivity index (χ0v) is 26.3. The number of unbranched alkanes of at least 4 members (excludes halogenated alkanes) is 1. The van der Waals surface area contributed by atoms with Gasteiger partial charge in [-0.25, -0.2) is 9.59 Å². The minimum absolute atomic E-state index is 0.124. The molecule has 0 atom stereocenters. The Labute approximate surface area is 273 Å². The van der Waals surface area contributed by atoms with Crippen LogP contribution < -0.4 is 15.5 Å². The van der Waals surface area contributed by atoms with Crippen LogP contribution in [0.25, 0.3) is 16.5 Å². The van der Waals surface area contributed by atoms with Crippen LogP contribution in [-0.2, 0) is 9.59 Å². The Morgan fingerprint density at radius 2 is 1.45 bits per heavy atom. The van der Waals surface area contributed by atoms with Crippen LogP contribution in [-0.4, -0.2) is 71.2 Å². The third kappa shape index (κ3) is 9.75. The summed E-state index contributed by atoms with van der Waals surface area (Å²) in [7, 11) is 1.56. The Kier molecular flexibility index (Phi) is 12.6. The molecule has 4 N–H and O–H groups in total. The summed E-state index contributed by atoms with van der Waals surface area (Å²) in [5, 5.41) is 19.0. The summed E-state index contributed by atoms with van der Waals surface area (Å²) in [6.45, 7) is 3.63. The number of para-hydroxylation sites is 1. The molecule has 0 unspecified atom stereocenters. The number of likely N-dealkylation sites (tertiary alicyclic amines) is 1. The molecule has 10 nitrogen and oxygen atoms in total. The van der Waals surface area contributed by atoms with Gasteiger partial charge in [0.2, 0.25) is 5.43 Å². The zero-order valence-electron chi connectivity index (χ0n) is 26.3. The number of methoxy groups -OCH3 is 1. The van der Waals surface area contributed by atoms with Crippen LogP contribution in [0.4, 0.5) is 0 Å². The summed E-state index contributed by atoms with van der Waals surface area (Å²) >= 11 is 0. The van der Waals surface area contributed by atoms with Gasteiger partial charge in [-0.2, -0.15) is 0 Å². The number of fused-ring (bicyclic) bond motifs is 1. The summed E-state index contributed by atoms with van der Waals surface area (Å²) < 4.78 is 5.31. The summed E-state index contributed by atoms with van der Waals surface area (Å²) in [6.07, 6.45) is 6.57. The van der Waals surface area contributed by atoms with Crippen LogP contribution >= 0.6 is 0 Å². The Morgan fingerprint density at radius 1 is 0.851 bits per heavy atom. The van der Waals surface area contributed by atoms with Gasteiger partial charge in [0.1, 0.15) is 11.3 Å². The number of ether oxygens (including phenoxy) is 1. The van der Waals surface area contributed by atoms with E-state index in [1.54, 1.807) is 25.3 Å². The number of nitrogens with one attached hydrogen (secondary N) is 2.